The molecule has 0 amide bonds. The molecule has 34 heavy (non-hydrogen) atoms. The maximum atomic E-state index is 13.0. The summed E-state index contributed by atoms with van der Waals surface area (Å²) in [6.45, 7) is 2.31. The summed E-state index contributed by atoms with van der Waals surface area (Å²) in [4.78, 5) is 24.2. The highest BCUT2D eigenvalue weighted by molar-refractivity contribution is 5.85. The highest BCUT2D eigenvalue weighted by Crippen LogP contribution is 2.35. The van der Waals surface area contributed by atoms with Crippen LogP contribution >= 0.6 is 12.4 Å². The smallest absolute Gasteiger partial charge is 0.259 e. The molecule has 9 heteroatoms. The Kier molecular flexibility index (Phi) is 5.87. The maximum Gasteiger partial charge on any atom is 0.259 e. The topological polar surface area (TPSA) is 65.2 Å². The first-order chi connectivity index (χ1) is 16.1. The SMILES string of the molecule is Cl.Cn1c2c(c3ccc(-n4ccc(OCc5ccc(F)cn5)cc4=O)nc31)CN1CCCC1C2. The Morgan fingerprint density at radius 2 is 2.09 bits per heavy atom. The van der Waals surface area contributed by atoms with Gasteiger partial charge in [-0.3, -0.25) is 19.2 Å². The second kappa shape index (κ2) is 8.85. The summed E-state index contributed by atoms with van der Waals surface area (Å²) in [5.41, 5.74) is 4.00. The molecule has 0 aliphatic carbocycles. The molecule has 1 unspecified atom stereocenters. The predicted molar refractivity (Wildman–Crippen MR) is 129 cm³/mol. The van der Waals surface area contributed by atoms with E-state index in [4.69, 9.17) is 9.72 Å². The minimum Gasteiger partial charge on any atom is -0.487 e. The molecule has 1 fully saturated rings. The summed E-state index contributed by atoms with van der Waals surface area (Å²) in [5.74, 6) is 0.612. The van der Waals surface area contributed by atoms with E-state index in [1.807, 2.05) is 6.07 Å². The number of nitrogens with zero attached hydrogens (tertiary/aromatic N) is 5. The average molecular weight is 482 g/mol. The zero-order valence-corrected chi connectivity index (χ0v) is 19.6. The van der Waals surface area contributed by atoms with Gasteiger partial charge in [-0.1, -0.05) is 0 Å². The van der Waals surface area contributed by atoms with Crippen LogP contribution < -0.4 is 10.3 Å². The second-order valence-corrected chi connectivity index (χ2v) is 8.82. The van der Waals surface area contributed by atoms with E-state index in [-0.39, 0.29) is 24.6 Å². The molecule has 0 saturated carbocycles. The van der Waals surface area contributed by atoms with Crippen molar-refractivity contribution in [1.29, 1.82) is 0 Å². The van der Waals surface area contributed by atoms with Gasteiger partial charge in [0.1, 0.15) is 29.6 Å². The lowest BCUT2D eigenvalue weighted by Crippen LogP contribution is -2.35. The standard InChI is InChI=1S/C25H24FN5O2.ClH/c1-29-22-11-18-3-2-9-30(18)14-21(22)20-6-7-23(28-25(20)29)31-10-8-19(12-24(31)32)33-15-17-5-4-16(26)13-27-17;/h4-8,10,12-13,18H,2-3,9,11,14-15H2,1H3;1H. The van der Waals surface area contributed by atoms with Crippen LogP contribution in [0.4, 0.5) is 4.39 Å². The van der Waals surface area contributed by atoms with Gasteiger partial charge in [0, 0.05) is 49.4 Å². The number of fused-ring (bicyclic) bond motifs is 4. The van der Waals surface area contributed by atoms with Crippen LogP contribution in [0.25, 0.3) is 16.9 Å². The van der Waals surface area contributed by atoms with E-state index in [0.29, 0.717) is 23.3 Å². The molecule has 6 rings (SSSR count). The van der Waals surface area contributed by atoms with E-state index in [0.717, 1.165) is 24.8 Å². The van der Waals surface area contributed by atoms with Crippen molar-refractivity contribution in [2.75, 3.05) is 6.54 Å². The van der Waals surface area contributed by atoms with E-state index in [1.165, 1.54) is 52.7 Å². The molecule has 0 bridgehead atoms. The number of hydrogen-bond donors (Lipinski definition) is 0. The summed E-state index contributed by atoms with van der Waals surface area (Å²) < 4.78 is 22.4. The van der Waals surface area contributed by atoms with Crippen molar-refractivity contribution in [1.82, 2.24) is 24.0 Å². The first-order valence-corrected chi connectivity index (χ1v) is 11.2. The average Bonchev–Trinajstić information content (AvgIpc) is 3.39. The van der Waals surface area contributed by atoms with Crippen molar-refractivity contribution in [2.24, 2.45) is 7.05 Å². The van der Waals surface area contributed by atoms with Gasteiger partial charge in [-0.2, -0.15) is 0 Å². The molecule has 0 N–H and O–H groups in total. The van der Waals surface area contributed by atoms with Crippen molar-refractivity contribution in [2.45, 2.75) is 38.5 Å². The van der Waals surface area contributed by atoms with Gasteiger partial charge >= 0.3 is 0 Å². The van der Waals surface area contributed by atoms with Gasteiger partial charge in [0.05, 0.1) is 11.9 Å². The number of aryl methyl sites for hydroxylation is 1. The summed E-state index contributed by atoms with van der Waals surface area (Å²) >= 11 is 0. The van der Waals surface area contributed by atoms with Crippen molar-refractivity contribution in [3.8, 4) is 11.6 Å². The molecule has 1 atom stereocenters. The Balaban J connectivity index is 0.00000241. The van der Waals surface area contributed by atoms with Gasteiger partial charge in [0.25, 0.3) is 5.56 Å². The van der Waals surface area contributed by atoms with Gasteiger partial charge in [0.2, 0.25) is 0 Å². The normalized spacial score (nSPS) is 17.3. The first kappa shape index (κ1) is 22.6. The monoisotopic (exact) mass is 481 g/mol. The molecule has 2 aliphatic rings. The molecule has 1 saturated heterocycles. The van der Waals surface area contributed by atoms with Crippen LogP contribution in [0.5, 0.6) is 5.75 Å². The van der Waals surface area contributed by atoms with Crippen molar-refractivity contribution < 1.29 is 9.13 Å². The van der Waals surface area contributed by atoms with Gasteiger partial charge in [-0.15, -0.1) is 12.4 Å². The third kappa shape index (κ3) is 3.86. The Hall–Kier alpha value is -3.23. The van der Waals surface area contributed by atoms with Crippen LogP contribution in [0.3, 0.4) is 0 Å². The Morgan fingerprint density at radius 1 is 1.21 bits per heavy atom. The Morgan fingerprint density at radius 3 is 2.88 bits per heavy atom. The summed E-state index contributed by atoms with van der Waals surface area (Å²) in [7, 11) is 2.08. The van der Waals surface area contributed by atoms with Crippen LogP contribution in [0, 0.1) is 5.82 Å². The fourth-order valence-electron chi connectivity index (χ4n) is 5.14. The zero-order valence-electron chi connectivity index (χ0n) is 18.8. The third-order valence-electron chi connectivity index (χ3n) is 6.86. The predicted octanol–water partition coefficient (Wildman–Crippen LogP) is 3.78. The van der Waals surface area contributed by atoms with E-state index < -0.39 is 5.82 Å². The first-order valence-electron chi connectivity index (χ1n) is 11.2. The lowest BCUT2D eigenvalue weighted by Gasteiger charge is -2.30. The lowest BCUT2D eigenvalue weighted by atomic mass is 9.99. The van der Waals surface area contributed by atoms with Crippen LogP contribution in [-0.4, -0.2) is 36.6 Å². The number of ether oxygens (including phenoxy) is 1. The van der Waals surface area contributed by atoms with Gasteiger partial charge in [-0.25, -0.2) is 9.37 Å². The minimum atomic E-state index is -0.398. The third-order valence-corrected chi connectivity index (χ3v) is 6.86. The molecule has 176 valence electrons. The van der Waals surface area contributed by atoms with E-state index >= 15 is 0 Å². The highest BCUT2D eigenvalue weighted by atomic mass is 35.5. The molecule has 0 radical (unpaired) electrons. The number of aromatic nitrogens is 4. The molecular weight excluding hydrogens is 457 g/mol. The Labute approximate surface area is 202 Å². The number of halogens is 2. The second-order valence-electron chi connectivity index (χ2n) is 8.82. The van der Waals surface area contributed by atoms with E-state index in [2.05, 4.69) is 27.6 Å². The van der Waals surface area contributed by atoms with Crippen molar-refractivity contribution in [3.63, 3.8) is 0 Å². The summed E-state index contributed by atoms with van der Waals surface area (Å²) in [6.07, 6.45) is 6.42. The number of hydrogen-bond acceptors (Lipinski definition) is 5. The molecule has 7 nitrogen and oxygen atoms in total. The van der Waals surface area contributed by atoms with Gasteiger partial charge < -0.3 is 9.30 Å². The number of rotatable bonds is 4. The van der Waals surface area contributed by atoms with Gasteiger partial charge in [-0.05, 0) is 55.3 Å². The molecule has 0 aromatic carbocycles. The van der Waals surface area contributed by atoms with Crippen LogP contribution in [0.1, 0.15) is 29.8 Å². The quantitative estimate of drug-likeness (QED) is 0.444. The largest absolute Gasteiger partial charge is 0.487 e. The molecule has 4 aromatic heterocycles. The molecule has 4 aromatic rings. The van der Waals surface area contributed by atoms with Crippen LogP contribution in [-0.2, 0) is 26.6 Å². The molecule has 0 spiro atoms. The summed E-state index contributed by atoms with van der Waals surface area (Å²) in [6, 6.07) is 10.7. The van der Waals surface area contributed by atoms with Gasteiger partial charge in [0.15, 0.2) is 0 Å². The van der Waals surface area contributed by atoms with Crippen molar-refractivity contribution in [3.05, 3.63) is 81.9 Å². The Bertz CT molecular complexity index is 1420. The minimum absolute atomic E-state index is 0. The number of pyridine rings is 3. The highest BCUT2D eigenvalue weighted by Gasteiger charge is 2.33. The van der Waals surface area contributed by atoms with Crippen molar-refractivity contribution >= 4 is 23.4 Å². The molecule has 6 heterocycles. The maximum absolute atomic E-state index is 13.0. The molecular formula is C25H25ClFN5O2. The molecule has 2 aliphatic heterocycles. The fourth-order valence-corrected chi connectivity index (χ4v) is 5.14. The zero-order chi connectivity index (χ0) is 22.5. The fraction of sp³-hybridized carbons (Fsp3) is 0.320. The lowest BCUT2D eigenvalue weighted by molar-refractivity contribution is 0.225. The van der Waals surface area contributed by atoms with Crippen LogP contribution in [0.15, 0.2) is 53.6 Å². The van der Waals surface area contributed by atoms with E-state index in [9.17, 15) is 9.18 Å². The van der Waals surface area contributed by atoms with E-state index in [1.54, 1.807) is 18.3 Å². The van der Waals surface area contributed by atoms with Crippen LogP contribution in [0.2, 0.25) is 0 Å². The summed E-state index contributed by atoms with van der Waals surface area (Å²) in [5, 5.41) is 1.17.